The lowest BCUT2D eigenvalue weighted by Gasteiger charge is -2.15. The van der Waals surface area contributed by atoms with Crippen LogP contribution < -0.4 is 9.47 Å². The van der Waals surface area contributed by atoms with Crippen molar-refractivity contribution in [2.75, 3.05) is 0 Å². The maximum Gasteiger partial charge on any atom is 0.534 e. The molecule has 260 valence electrons. The van der Waals surface area contributed by atoms with E-state index in [1.807, 2.05) is 0 Å². The van der Waals surface area contributed by atoms with Crippen LogP contribution in [0.15, 0.2) is 24.3 Å². The number of aryl methyl sites for hydroxylation is 4. The van der Waals surface area contributed by atoms with Crippen LogP contribution in [0.3, 0.4) is 0 Å². The Balaban J connectivity index is 1.19. The van der Waals surface area contributed by atoms with Gasteiger partial charge in [-0.1, -0.05) is 10.1 Å². The van der Waals surface area contributed by atoms with E-state index in [-0.39, 0.29) is 58.2 Å². The van der Waals surface area contributed by atoms with E-state index in [9.17, 15) is 38.4 Å². The van der Waals surface area contributed by atoms with Gasteiger partial charge in [0.2, 0.25) is 0 Å². The van der Waals surface area contributed by atoms with Crippen LogP contribution in [0.1, 0.15) is 78.3 Å². The quantitative estimate of drug-likeness (QED) is 0.177. The zero-order valence-electron chi connectivity index (χ0n) is 27.3. The predicted octanol–water partition coefficient (Wildman–Crippen LogP) is 4.04. The van der Waals surface area contributed by atoms with Crippen molar-refractivity contribution in [3.63, 3.8) is 0 Å². The smallest absolute Gasteiger partial charge is 0.428 e. The molecule has 2 fully saturated rings. The minimum Gasteiger partial charge on any atom is -0.428 e. The second-order valence-electron chi connectivity index (χ2n) is 11.3. The van der Waals surface area contributed by atoms with Crippen molar-refractivity contribution in [3.05, 3.63) is 57.6 Å². The summed E-state index contributed by atoms with van der Waals surface area (Å²) in [6.45, 7) is 6.35. The lowest BCUT2D eigenvalue weighted by molar-refractivity contribution is -0.178. The fourth-order valence-electron chi connectivity index (χ4n) is 5.08. The molecule has 0 radical (unpaired) electrons. The molecule has 2 aliphatic rings. The van der Waals surface area contributed by atoms with E-state index in [1.165, 1.54) is 0 Å². The van der Waals surface area contributed by atoms with Crippen LogP contribution in [0.25, 0.3) is 0 Å². The lowest BCUT2D eigenvalue weighted by Crippen LogP contribution is -2.32. The molecule has 0 unspecified atom stereocenters. The van der Waals surface area contributed by atoms with E-state index in [2.05, 4.69) is 9.68 Å². The molecule has 0 spiro atoms. The third-order valence-corrected chi connectivity index (χ3v) is 7.29. The van der Waals surface area contributed by atoms with Gasteiger partial charge in [0.1, 0.15) is 24.7 Å². The molecule has 0 N–H and O–H groups in total. The fourth-order valence-corrected chi connectivity index (χ4v) is 5.08. The molecule has 0 aliphatic carbocycles. The van der Waals surface area contributed by atoms with Crippen LogP contribution in [-0.4, -0.2) is 58.0 Å². The highest BCUT2D eigenvalue weighted by Crippen LogP contribution is 2.28. The number of rotatable bonds is 12. The number of hydrogen-bond acceptors (Lipinski definition) is 14. The van der Waals surface area contributed by atoms with Gasteiger partial charge in [-0.2, -0.15) is 0 Å². The molecular formula is C33H34N2O14. The lowest BCUT2D eigenvalue weighted by atomic mass is 10.1. The maximum atomic E-state index is 12.6. The van der Waals surface area contributed by atoms with Crippen LogP contribution in [0.5, 0.6) is 11.5 Å². The Labute approximate surface area is 280 Å². The molecule has 0 bridgehead atoms. The molecule has 0 atom stereocenters. The standard InChI is InChI=1S/C33H34N2O14/c1-18-12-22(16-44-32(42)48-34-24(36)8-9-25(34)37)13-19(2)30(18)46-28(40)6-5-7-29(41)47-31-20(3)14-23(15-21(31)4)17-45-33(43)49-35-26(38)10-11-27(35)39/h12-15H,5-11,16-17H2,1-4H3. The Morgan fingerprint density at radius 3 is 1.16 bits per heavy atom. The van der Waals surface area contributed by atoms with Crippen LogP contribution in [0.4, 0.5) is 9.59 Å². The summed E-state index contributed by atoms with van der Waals surface area (Å²) in [5.41, 5.74) is 3.43. The summed E-state index contributed by atoms with van der Waals surface area (Å²) < 4.78 is 21.0. The van der Waals surface area contributed by atoms with Crippen LogP contribution in [-0.2, 0) is 61.1 Å². The predicted molar refractivity (Wildman–Crippen MR) is 162 cm³/mol. The van der Waals surface area contributed by atoms with Gasteiger partial charge < -0.3 is 18.9 Å². The van der Waals surface area contributed by atoms with E-state index in [0.717, 1.165) is 0 Å². The fraction of sp³-hybridized carbons (Fsp3) is 0.394. The van der Waals surface area contributed by atoms with Crippen molar-refractivity contribution in [1.29, 1.82) is 0 Å². The van der Waals surface area contributed by atoms with Crippen LogP contribution in [0, 0.1) is 27.7 Å². The minimum absolute atomic E-state index is 0.0404. The highest BCUT2D eigenvalue weighted by Gasteiger charge is 2.34. The minimum atomic E-state index is -1.21. The molecule has 2 saturated heterocycles. The highest BCUT2D eigenvalue weighted by molar-refractivity contribution is 6.02. The number of carbonyl (C=O) groups is 8. The Bertz CT molecular complexity index is 1510. The van der Waals surface area contributed by atoms with Crippen LogP contribution >= 0.6 is 0 Å². The van der Waals surface area contributed by atoms with Gasteiger partial charge in [-0.15, -0.1) is 0 Å². The third-order valence-electron chi connectivity index (χ3n) is 7.29. The zero-order valence-corrected chi connectivity index (χ0v) is 27.3. The second kappa shape index (κ2) is 15.9. The topological polar surface area (TPSA) is 198 Å². The van der Waals surface area contributed by atoms with Crippen molar-refractivity contribution < 1.29 is 67.0 Å². The number of hydroxylamine groups is 4. The zero-order chi connectivity index (χ0) is 35.8. The average Bonchev–Trinajstić information content (AvgIpc) is 3.52. The van der Waals surface area contributed by atoms with Gasteiger partial charge in [0, 0.05) is 38.5 Å². The Hall–Kier alpha value is -5.80. The molecule has 2 aromatic rings. The van der Waals surface area contributed by atoms with E-state index in [0.29, 0.717) is 55.0 Å². The summed E-state index contributed by atoms with van der Waals surface area (Å²) >= 11 is 0. The number of benzene rings is 2. The molecule has 2 aliphatic heterocycles. The van der Waals surface area contributed by atoms with E-state index in [4.69, 9.17) is 18.9 Å². The number of carbonyl (C=O) groups excluding carboxylic acids is 8. The largest absolute Gasteiger partial charge is 0.534 e. The van der Waals surface area contributed by atoms with Gasteiger partial charge in [-0.05, 0) is 91.8 Å². The molecule has 0 saturated carbocycles. The SMILES string of the molecule is Cc1cc(COC(=O)ON2C(=O)CCC2=O)cc(C)c1OC(=O)CCCC(=O)Oc1c(C)cc(COC(=O)ON2C(=O)CCC2=O)cc1C. The number of amides is 4. The number of hydrogen-bond donors (Lipinski definition) is 0. The van der Waals surface area contributed by atoms with Gasteiger partial charge in [-0.25, -0.2) is 9.59 Å². The van der Waals surface area contributed by atoms with Crippen molar-refractivity contribution in [2.24, 2.45) is 0 Å². The highest BCUT2D eigenvalue weighted by atomic mass is 16.8. The Morgan fingerprint density at radius 1 is 0.551 bits per heavy atom. The molecule has 2 aromatic carbocycles. The van der Waals surface area contributed by atoms with E-state index >= 15 is 0 Å². The molecule has 4 amide bonds. The van der Waals surface area contributed by atoms with Gasteiger partial charge >= 0.3 is 24.2 Å². The second-order valence-corrected chi connectivity index (χ2v) is 11.3. The normalized spacial score (nSPS) is 14.2. The molecular weight excluding hydrogens is 648 g/mol. The molecule has 16 nitrogen and oxygen atoms in total. The maximum absolute atomic E-state index is 12.6. The number of ether oxygens (including phenoxy) is 4. The third kappa shape index (κ3) is 9.62. The summed E-state index contributed by atoms with van der Waals surface area (Å²) in [6.07, 6.45) is -2.57. The monoisotopic (exact) mass is 682 g/mol. The number of nitrogens with zero attached hydrogens (tertiary/aromatic N) is 2. The number of esters is 2. The van der Waals surface area contributed by atoms with Crippen molar-refractivity contribution >= 4 is 47.9 Å². The first-order chi connectivity index (χ1) is 23.2. The van der Waals surface area contributed by atoms with E-state index < -0.39 is 47.9 Å². The summed E-state index contributed by atoms with van der Waals surface area (Å²) in [7, 11) is 0. The summed E-state index contributed by atoms with van der Waals surface area (Å²) in [5.74, 6) is -3.02. The van der Waals surface area contributed by atoms with Crippen molar-refractivity contribution in [2.45, 2.75) is 85.9 Å². The van der Waals surface area contributed by atoms with Gasteiger partial charge in [0.25, 0.3) is 23.6 Å². The summed E-state index contributed by atoms with van der Waals surface area (Å²) in [4.78, 5) is 105. The van der Waals surface area contributed by atoms with Gasteiger partial charge in [-0.3, -0.25) is 38.4 Å². The van der Waals surface area contributed by atoms with Crippen LogP contribution in [0.2, 0.25) is 0 Å². The summed E-state index contributed by atoms with van der Waals surface area (Å²) in [5, 5.41) is 0.769. The van der Waals surface area contributed by atoms with Gasteiger partial charge in [0.15, 0.2) is 0 Å². The first-order valence-corrected chi connectivity index (χ1v) is 15.2. The van der Waals surface area contributed by atoms with Crippen molar-refractivity contribution in [1.82, 2.24) is 10.1 Å². The number of imide groups is 2. The first kappa shape index (κ1) is 36.0. The van der Waals surface area contributed by atoms with Crippen molar-refractivity contribution in [3.8, 4) is 11.5 Å². The van der Waals surface area contributed by atoms with Gasteiger partial charge in [0.05, 0.1) is 0 Å². The Morgan fingerprint density at radius 2 is 0.857 bits per heavy atom. The Kier molecular flexibility index (Phi) is 11.7. The first-order valence-electron chi connectivity index (χ1n) is 15.2. The average molecular weight is 683 g/mol. The van der Waals surface area contributed by atoms with E-state index in [1.54, 1.807) is 52.0 Å². The summed E-state index contributed by atoms with van der Waals surface area (Å²) in [6, 6.07) is 6.55. The molecule has 4 rings (SSSR count). The molecule has 16 heteroatoms. The molecule has 0 aromatic heterocycles. The molecule has 49 heavy (non-hydrogen) atoms. The molecule has 2 heterocycles.